The molecule has 0 spiro atoms. The smallest absolute Gasteiger partial charge is 0.255 e. The molecule has 0 aliphatic rings. The van der Waals surface area contributed by atoms with Gasteiger partial charge in [-0.05, 0) is 71.3 Å². The van der Waals surface area contributed by atoms with Crippen molar-refractivity contribution >= 4 is 34.8 Å². The van der Waals surface area contributed by atoms with E-state index in [2.05, 4.69) is 10.6 Å². The molecule has 0 heterocycles. The number of hydrogen-bond donors (Lipinski definition) is 3. The van der Waals surface area contributed by atoms with Crippen molar-refractivity contribution in [2.45, 2.75) is 6.54 Å². The van der Waals surface area contributed by atoms with Gasteiger partial charge in [0.1, 0.15) is 5.82 Å². The molecule has 8 nitrogen and oxygen atoms in total. The van der Waals surface area contributed by atoms with Crippen molar-refractivity contribution in [3.05, 3.63) is 113 Å². The Morgan fingerprint density at radius 2 is 1.44 bits per heavy atom. The molecule has 4 rings (SSSR count). The molecule has 9 heteroatoms. The number of methoxy groups -OCH3 is 3. The van der Waals surface area contributed by atoms with E-state index in [0.717, 1.165) is 5.56 Å². The van der Waals surface area contributed by atoms with Crippen molar-refractivity contribution < 1.29 is 28.2 Å². The lowest BCUT2D eigenvalue weighted by molar-refractivity contribution is -0.115. The molecule has 0 aliphatic carbocycles. The molecule has 0 fully saturated rings. The summed E-state index contributed by atoms with van der Waals surface area (Å²) in [7, 11) is 4.51. The lowest BCUT2D eigenvalue weighted by Gasteiger charge is -2.14. The molecule has 4 aromatic rings. The molecule has 210 valence electrons. The molecule has 0 bridgehead atoms. The van der Waals surface area contributed by atoms with Crippen LogP contribution in [-0.4, -0.2) is 33.1 Å². The zero-order chi connectivity index (χ0) is 29.4. The number of amides is 2. The number of nitrogens with two attached hydrogens (primary N) is 1. The summed E-state index contributed by atoms with van der Waals surface area (Å²) in [5, 5.41) is 5.69. The average molecular weight is 556 g/mol. The SMILES string of the molecule is COc1cc(/C=C(/C(=O)NCc2ccc(C(=O)Nc3ccccc3N)cc2)c2ccc(F)cc2)cc(OC)c1OC. The van der Waals surface area contributed by atoms with Crippen LogP contribution >= 0.6 is 0 Å². The van der Waals surface area contributed by atoms with Crippen LogP contribution in [-0.2, 0) is 11.3 Å². The first kappa shape index (κ1) is 28.7. The Bertz CT molecular complexity index is 1540. The van der Waals surface area contributed by atoms with E-state index in [1.54, 1.807) is 66.7 Å². The van der Waals surface area contributed by atoms with E-state index in [-0.39, 0.29) is 18.4 Å². The fraction of sp³-hybridized carbons (Fsp3) is 0.125. The van der Waals surface area contributed by atoms with Gasteiger partial charge in [0, 0.05) is 17.7 Å². The van der Waals surface area contributed by atoms with Gasteiger partial charge in [-0.25, -0.2) is 4.39 Å². The molecule has 0 unspecified atom stereocenters. The summed E-state index contributed by atoms with van der Waals surface area (Å²) in [6.45, 7) is 0.195. The number of ether oxygens (including phenoxy) is 3. The number of hydrogen-bond acceptors (Lipinski definition) is 6. The predicted octanol–water partition coefficient (Wildman–Crippen LogP) is 5.54. The van der Waals surface area contributed by atoms with E-state index < -0.39 is 5.82 Å². The molecule has 0 aromatic heterocycles. The van der Waals surface area contributed by atoms with E-state index in [0.29, 0.717) is 50.9 Å². The maximum Gasteiger partial charge on any atom is 0.255 e. The molecule has 0 aliphatic heterocycles. The Labute approximate surface area is 237 Å². The Hall–Kier alpha value is -5.31. The Kier molecular flexibility index (Phi) is 9.21. The third-order valence-corrected chi connectivity index (χ3v) is 6.28. The van der Waals surface area contributed by atoms with Gasteiger partial charge in [-0.15, -0.1) is 0 Å². The first-order chi connectivity index (χ1) is 19.8. The molecular weight excluding hydrogens is 525 g/mol. The van der Waals surface area contributed by atoms with Crippen molar-refractivity contribution in [3.63, 3.8) is 0 Å². The Morgan fingerprint density at radius 3 is 2.02 bits per heavy atom. The largest absolute Gasteiger partial charge is 0.493 e. The highest BCUT2D eigenvalue weighted by molar-refractivity contribution is 6.24. The van der Waals surface area contributed by atoms with Gasteiger partial charge < -0.3 is 30.6 Å². The molecule has 0 saturated heterocycles. The number of benzene rings is 4. The van der Waals surface area contributed by atoms with E-state index in [9.17, 15) is 14.0 Å². The number of carbonyl (C=O) groups is 2. The minimum Gasteiger partial charge on any atom is -0.493 e. The maximum absolute atomic E-state index is 13.7. The first-order valence-corrected chi connectivity index (χ1v) is 12.6. The van der Waals surface area contributed by atoms with Crippen LogP contribution in [0.2, 0.25) is 0 Å². The van der Waals surface area contributed by atoms with Crippen molar-refractivity contribution in [1.29, 1.82) is 0 Å². The summed E-state index contributed by atoms with van der Waals surface area (Å²) >= 11 is 0. The summed E-state index contributed by atoms with van der Waals surface area (Å²) in [4.78, 5) is 26.0. The van der Waals surface area contributed by atoms with Gasteiger partial charge in [0.25, 0.3) is 11.8 Å². The third kappa shape index (κ3) is 7.02. The average Bonchev–Trinajstić information content (AvgIpc) is 3.00. The predicted molar refractivity (Wildman–Crippen MR) is 157 cm³/mol. The minimum absolute atomic E-state index is 0.195. The number of rotatable bonds is 10. The fourth-order valence-electron chi connectivity index (χ4n) is 4.12. The van der Waals surface area contributed by atoms with Gasteiger partial charge >= 0.3 is 0 Å². The summed E-state index contributed by atoms with van der Waals surface area (Å²) < 4.78 is 29.9. The maximum atomic E-state index is 13.7. The van der Waals surface area contributed by atoms with Crippen LogP contribution in [0.3, 0.4) is 0 Å². The number of nitrogens with one attached hydrogen (secondary N) is 2. The Morgan fingerprint density at radius 1 is 0.829 bits per heavy atom. The summed E-state index contributed by atoms with van der Waals surface area (Å²) in [5.41, 5.74) is 9.56. The zero-order valence-corrected chi connectivity index (χ0v) is 22.9. The molecule has 0 atom stereocenters. The number of para-hydroxylation sites is 2. The first-order valence-electron chi connectivity index (χ1n) is 12.6. The Balaban J connectivity index is 1.54. The lowest BCUT2D eigenvalue weighted by atomic mass is 10.0. The van der Waals surface area contributed by atoms with Crippen LogP contribution in [0.1, 0.15) is 27.0 Å². The lowest BCUT2D eigenvalue weighted by Crippen LogP contribution is -2.24. The normalized spacial score (nSPS) is 11.0. The van der Waals surface area contributed by atoms with Crippen LogP contribution in [0.15, 0.2) is 84.9 Å². The van der Waals surface area contributed by atoms with Crippen molar-refractivity contribution in [1.82, 2.24) is 5.32 Å². The van der Waals surface area contributed by atoms with Crippen molar-refractivity contribution in [3.8, 4) is 17.2 Å². The quantitative estimate of drug-likeness (QED) is 0.135. The van der Waals surface area contributed by atoms with Crippen molar-refractivity contribution in [2.24, 2.45) is 0 Å². The number of nitrogen functional groups attached to an aromatic ring is 1. The van der Waals surface area contributed by atoms with Crippen LogP contribution in [0.4, 0.5) is 15.8 Å². The number of halogens is 1. The summed E-state index contributed by atoms with van der Waals surface area (Å²) in [6, 6.07) is 22.9. The van der Waals surface area contributed by atoms with Crippen LogP contribution in [0.25, 0.3) is 11.6 Å². The second-order valence-corrected chi connectivity index (χ2v) is 8.94. The molecule has 0 saturated carbocycles. The summed E-state index contributed by atoms with van der Waals surface area (Å²) in [5.74, 6) is 0.175. The second-order valence-electron chi connectivity index (χ2n) is 8.94. The highest BCUT2D eigenvalue weighted by atomic mass is 19.1. The van der Waals surface area contributed by atoms with Gasteiger partial charge in [0.15, 0.2) is 11.5 Å². The van der Waals surface area contributed by atoms with Gasteiger partial charge in [-0.3, -0.25) is 9.59 Å². The number of anilines is 2. The number of carbonyl (C=O) groups excluding carboxylic acids is 2. The third-order valence-electron chi connectivity index (χ3n) is 6.28. The highest BCUT2D eigenvalue weighted by Crippen LogP contribution is 2.39. The van der Waals surface area contributed by atoms with Gasteiger partial charge in [-0.1, -0.05) is 36.4 Å². The van der Waals surface area contributed by atoms with Crippen LogP contribution < -0.4 is 30.6 Å². The summed E-state index contributed by atoms with van der Waals surface area (Å²) in [6.07, 6.45) is 1.66. The fourth-order valence-corrected chi connectivity index (χ4v) is 4.12. The molecule has 2 amide bonds. The van der Waals surface area contributed by atoms with E-state index >= 15 is 0 Å². The molecule has 4 aromatic carbocycles. The standard InChI is InChI=1S/C32H30FN3O5/c1-39-28-17-21(18-29(40-2)30(28)41-3)16-25(22-12-14-24(33)15-13-22)32(38)35-19-20-8-10-23(11-9-20)31(37)36-27-7-5-4-6-26(27)34/h4-18H,19,34H2,1-3H3,(H,35,38)(H,36,37)/b25-16+. The van der Waals surface area contributed by atoms with E-state index in [1.165, 1.54) is 45.6 Å². The van der Waals surface area contributed by atoms with E-state index in [1.807, 2.05) is 0 Å². The van der Waals surface area contributed by atoms with Crippen molar-refractivity contribution in [2.75, 3.05) is 32.4 Å². The molecular formula is C32H30FN3O5. The topological polar surface area (TPSA) is 112 Å². The van der Waals surface area contributed by atoms with Crippen LogP contribution in [0.5, 0.6) is 17.2 Å². The molecule has 4 N–H and O–H groups in total. The highest BCUT2D eigenvalue weighted by Gasteiger charge is 2.17. The second kappa shape index (κ2) is 13.2. The zero-order valence-electron chi connectivity index (χ0n) is 22.9. The van der Waals surface area contributed by atoms with Crippen LogP contribution in [0, 0.1) is 5.82 Å². The molecule has 41 heavy (non-hydrogen) atoms. The van der Waals surface area contributed by atoms with E-state index in [4.69, 9.17) is 19.9 Å². The van der Waals surface area contributed by atoms with Gasteiger partial charge in [0.2, 0.25) is 5.75 Å². The van der Waals surface area contributed by atoms with Gasteiger partial charge in [0.05, 0.1) is 32.7 Å². The monoisotopic (exact) mass is 555 g/mol. The molecule has 0 radical (unpaired) electrons. The minimum atomic E-state index is -0.416. The van der Waals surface area contributed by atoms with Gasteiger partial charge in [-0.2, -0.15) is 0 Å².